The first-order chi connectivity index (χ1) is 10.7. The van der Waals surface area contributed by atoms with Gasteiger partial charge in [-0.1, -0.05) is 33.3 Å². The Morgan fingerprint density at radius 1 is 1.30 bits per heavy atom. The molecular formula is C15H17BrN4O3. The van der Waals surface area contributed by atoms with Gasteiger partial charge >= 0.3 is 5.97 Å². The van der Waals surface area contributed by atoms with Crippen LogP contribution in [0.3, 0.4) is 0 Å². The second-order valence-electron chi connectivity index (χ2n) is 5.84. The minimum atomic E-state index is -1.17. The third-order valence-electron chi connectivity index (χ3n) is 3.10. The molecule has 1 aromatic heterocycles. The summed E-state index contributed by atoms with van der Waals surface area (Å²) in [4.78, 5) is 22.8. The molecule has 0 spiro atoms. The maximum absolute atomic E-state index is 12.1. The maximum Gasteiger partial charge on any atom is 0.358 e. The quantitative estimate of drug-likeness (QED) is 0.797. The van der Waals surface area contributed by atoms with E-state index in [1.54, 1.807) is 0 Å². The average Bonchev–Trinajstić information content (AvgIpc) is 2.89. The normalized spacial score (nSPS) is 11.3. The van der Waals surface area contributed by atoms with Gasteiger partial charge in [0.1, 0.15) is 6.54 Å². The first-order valence-electron chi connectivity index (χ1n) is 6.94. The van der Waals surface area contributed by atoms with E-state index in [-0.39, 0.29) is 18.1 Å². The van der Waals surface area contributed by atoms with Crippen LogP contribution in [0.5, 0.6) is 0 Å². The lowest BCUT2D eigenvalue weighted by Crippen LogP contribution is -2.46. The Labute approximate surface area is 141 Å². The van der Waals surface area contributed by atoms with Crippen molar-refractivity contribution in [3.05, 3.63) is 46.2 Å². The number of carboxylic acid groups (broad SMARTS) is 1. The van der Waals surface area contributed by atoms with Crippen LogP contribution in [0.4, 0.5) is 0 Å². The van der Waals surface area contributed by atoms with Crippen LogP contribution in [0.25, 0.3) is 0 Å². The predicted octanol–water partition coefficient (Wildman–Crippen LogP) is 1.88. The summed E-state index contributed by atoms with van der Waals surface area (Å²) in [5.74, 6) is -1.43. The second-order valence-corrected chi connectivity index (χ2v) is 6.76. The molecule has 1 heterocycles. The maximum atomic E-state index is 12.1. The Balaban J connectivity index is 1.94. The van der Waals surface area contributed by atoms with Gasteiger partial charge in [0.15, 0.2) is 5.69 Å². The van der Waals surface area contributed by atoms with Crippen molar-refractivity contribution in [2.75, 3.05) is 0 Å². The van der Waals surface area contributed by atoms with Crippen LogP contribution in [-0.2, 0) is 17.8 Å². The fourth-order valence-electron chi connectivity index (χ4n) is 2.19. The molecule has 2 aromatic rings. The molecule has 0 fully saturated rings. The van der Waals surface area contributed by atoms with Gasteiger partial charge in [0.05, 0.1) is 6.20 Å². The predicted molar refractivity (Wildman–Crippen MR) is 87.0 cm³/mol. The number of carbonyl (C=O) groups is 2. The van der Waals surface area contributed by atoms with E-state index >= 15 is 0 Å². The molecule has 0 saturated carbocycles. The summed E-state index contributed by atoms with van der Waals surface area (Å²) in [6.45, 7) is 3.78. The molecule has 2 rings (SSSR count). The van der Waals surface area contributed by atoms with Crippen LogP contribution in [-0.4, -0.2) is 37.5 Å². The first kappa shape index (κ1) is 17.1. The number of hydrogen-bond donors (Lipinski definition) is 2. The van der Waals surface area contributed by atoms with Crippen molar-refractivity contribution in [2.24, 2.45) is 0 Å². The summed E-state index contributed by atoms with van der Waals surface area (Å²) in [6, 6.07) is 7.90. The van der Waals surface area contributed by atoms with Crippen molar-refractivity contribution < 1.29 is 14.7 Å². The summed E-state index contributed by atoms with van der Waals surface area (Å²) in [6.07, 6.45) is 1.90. The highest BCUT2D eigenvalue weighted by Crippen LogP contribution is 2.16. The zero-order chi connectivity index (χ0) is 17.0. The molecule has 2 N–H and O–H groups in total. The standard InChI is InChI=1S/C15H17BrN4O3/c1-15(2,7-10-3-5-11(16)6-4-10)17-13(21)9-20-8-12(14(22)23)18-19-20/h3-6,8H,7,9H2,1-2H3,(H,17,21)(H,22,23). The van der Waals surface area contributed by atoms with Gasteiger partial charge in [-0.15, -0.1) is 5.10 Å². The Morgan fingerprint density at radius 2 is 1.96 bits per heavy atom. The molecular weight excluding hydrogens is 364 g/mol. The number of rotatable bonds is 6. The molecule has 1 amide bonds. The van der Waals surface area contributed by atoms with Gasteiger partial charge < -0.3 is 10.4 Å². The van der Waals surface area contributed by atoms with Gasteiger partial charge in [0, 0.05) is 10.0 Å². The molecule has 1 aromatic carbocycles. The Kier molecular flexibility index (Phi) is 5.15. The SMILES string of the molecule is CC(C)(Cc1ccc(Br)cc1)NC(=O)Cn1cc(C(=O)O)nn1. The van der Waals surface area contributed by atoms with Gasteiger partial charge in [0.2, 0.25) is 5.91 Å². The lowest BCUT2D eigenvalue weighted by Gasteiger charge is -2.26. The van der Waals surface area contributed by atoms with Gasteiger partial charge in [0.25, 0.3) is 0 Å². The van der Waals surface area contributed by atoms with Crippen molar-refractivity contribution >= 4 is 27.8 Å². The summed E-state index contributed by atoms with van der Waals surface area (Å²) in [5, 5.41) is 18.8. The van der Waals surface area contributed by atoms with Gasteiger partial charge in [-0.25, -0.2) is 9.48 Å². The van der Waals surface area contributed by atoms with Crippen molar-refractivity contribution in [2.45, 2.75) is 32.4 Å². The molecule has 0 atom stereocenters. The van der Waals surface area contributed by atoms with Gasteiger partial charge in [-0.2, -0.15) is 0 Å². The zero-order valence-corrected chi connectivity index (χ0v) is 14.4. The molecule has 0 aliphatic carbocycles. The Hall–Kier alpha value is -2.22. The second kappa shape index (κ2) is 6.91. The molecule has 122 valence electrons. The monoisotopic (exact) mass is 380 g/mol. The minimum Gasteiger partial charge on any atom is -0.476 e. The largest absolute Gasteiger partial charge is 0.476 e. The number of carbonyl (C=O) groups excluding carboxylic acids is 1. The molecule has 0 radical (unpaired) electrons. The van der Waals surface area contributed by atoms with E-state index in [0.717, 1.165) is 10.0 Å². The van der Waals surface area contributed by atoms with E-state index in [1.807, 2.05) is 38.1 Å². The van der Waals surface area contributed by atoms with E-state index < -0.39 is 11.5 Å². The minimum absolute atomic E-state index is 0.0793. The van der Waals surface area contributed by atoms with E-state index in [0.29, 0.717) is 6.42 Å². The summed E-state index contributed by atoms with van der Waals surface area (Å²) in [5.41, 5.74) is 0.473. The number of carboxylic acids is 1. The lowest BCUT2D eigenvalue weighted by atomic mass is 9.95. The van der Waals surface area contributed by atoms with Crippen molar-refractivity contribution in [3.8, 4) is 0 Å². The van der Waals surface area contributed by atoms with Gasteiger partial charge in [-0.05, 0) is 38.0 Å². The lowest BCUT2D eigenvalue weighted by molar-refractivity contribution is -0.123. The van der Waals surface area contributed by atoms with E-state index in [2.05, 4.69) is 31.6 Å². The average molecular weight is 381 g/mol. The van der Waals surface area contributed by atoms with Crippen LogP contribution in [0.2, 0.25) is 0 Å². The fraction of sp³-hybridized carbons (Fsp3) is 0.333. The number of hydrogen-bond acceptors (Lipinski definition) is 4. The number of amides is 1. The van der Waals surface area contributed by atoms with Gasteiger partial charge in [-0.3, -0.25) is 4.79 Å². The van der Waals surface area contributed by atoms with Crippen molar-refractivity contribution in [3.63, 3.8) is 0 Å². The third-order valence-corrected chi connectivity index (χ3v) is 3.63. The first-order valence-corrected chi connectivity index (χ1v) is 7.73. The van der Waals surface area contributed by atoms with Crippen molar-refractivity contribution in [1.82, 2.24) is 20.3 Å². The van der Waals surface area contributed by atoms with E-state index in [4.69, 9.17) is 5.11 Å². The Morgan fingerprint density at radius 3 is 2.52 bits per heavy atom. The number of benzene rings is 1. The van der Waals surface area contributed by atoms with Crippen LogP contribution in [0.1, 0.15) is 29.9 Å². The highest BCUT2D eigenvalue weighted by atomic mass is 79.9. The third kappa shape index (κ3) is 5.17. The highest BCUT2D eigenvalue weighted by Gasteiger charge is 2.21. The molecule has 0 unspecified atom stereocenters. The van der Waals surface area contributed by atoms with E-state index in [9.17, 15) is 9.59 Å². The number of halogens is 1. The van der Waals surface area contributed by atoms with Crippen LogP contribution in [0.15, 0.2) is 34.9 Å². The number of nitrogens with zero attached hydrogens (tertiary/aromatic N) is 3. The molecule has 8 heteroatoms. The molecule has 0 bridgehead atoms. The topological polar surface area (TPSA) is 97.1 Å². The number of aromatic nitrogens is 3. The molecule has 7 nitrogen and oxygen atoms in total. The van der Waals surface area contributed by atoms with Crippen LogP contribution < -0.4 is 5.32 Å². The van der Waals surface area contributed by atoms with Crippen molar-refractivity contribution in [1.29, 1.82) is 0 Å². The molecule has 0 aliphatic rings. The fourth-order valence-corrected chi connectivity index (χ4v) is 2.46. The number of aromatic carboxylic acids is 1. The molecule has 0 saturated heterocycles. The van der Waals surface area contributed by atoms with Crippen LogP contribution in [0, 0.1) is 0 Å². The van der Waals surface area contributed by atoms with Crippen LogP contribution >= 0.6 is 15.9 Å². The Bertz CT molecular complexity index is 710. The van der Waals surface area contributed by atoms with E-state index in [1.165, 1.54) is 10.9 Å². The molecule has 23 heavy (non-hydrogen) atoms. The zero-order valence-electron chi connectivity index (χ0n) is 12.8. The smallest absolute Gasteiger partial charge is 0.358 e. The summed E-state index contributed by atoms with van der Waals surface area (Å²) in [7, 11) is 0. The molecule has 0 aliphatic heterocycles. The summed E-state index contributed by atoms with van der Waals surface area (Å²) >= 11 is 3.39. The highest BCUT2D eigenvalue weighted by molar-refractivity contribution is 9.10. The number of nitrogens with one attached hydrogen (secondary N) is 1. The summed E-state index contributed by atoms with van der Waals surface area (Å²) < 4.78 is 2.21.